The number of aryl methyl sites for hydroxylation is 1. The third-order valence-corrected chi connectivity index (χ3v) is 5.12. The monoisotopic (exact) mass is 363 g/mol. The van der Waals surface area contributed by atoms with Gasteiger partial charge in [-0.25, -0.2) is 10.4 Å². The maximum absolute atomic E-state index is 11.5. The quantitative estimate of drug-likeness (QED) is 0.377. The first-order chi connectivity index (χ1) is 12.6. The van der Waals surface area contributed by atoms with Crippen LogP contribution in [0.2, 0.25) is 0 Å². The first kappa shape index (κ1) is 16.4. The molecule has 7 heteroatoms. The van der Waals surface area contributed by atoms with Gasteiger partial charge >= 0.3 is 0 Å². The molecule has 0 aliphatic carbocycles. The van der Waals surface area contributed by atoms with E-state index in [4.69, 9.17) is 0 Å². The molecule has 0 spiro atoms. The predicted molar refractivity (Wildman–Crippen MR) is 106 cm³/mol. The van der Waals surface area contributed by atoms with Crippen molar-refractivity contribution in [2.24, 2.45) is 5.10 Å². The van der Waals surface area contributed by atoms with Crippen LogP contribution in [-0.2, 0) is 0 Å². The van der Waals surface area contributed by atoms with Gasteiger partial charge in [-0.2, -0.15) is 5.10 Å². The van der Waals surface area contributed by atoms with Gasteiger partial charge in [0.15, 0.2) is 0 Å². The minimum absolute atomic E-state index is 0.207. The van der Waals surface area contributed by atoms with E-state index in [1.807, 2.05) is 25.1 Å². The topological polar surface area (TPSA) is 82.2 Å². The first-order valence-corrected chi connectivity index (χ1v) is 8.97. The van der Waals surface area contributed by atoms with E-state index < -0.39 is 0 Å². The number of hydrogen-bond acceptors (Lipinski definition) is 6. The molecule has 0 radical (unpaired) electrons. The van der Waals surface area contributed by atoms with Crippen LogP contribution in [0.15, 0.2) is 68.2 Å². The number of aromatic nitrogens is 2. The number of fused-ring (bicyclic) bond motifs is 2. The Hall–Kier alpha value is -3.06. The molecule has 0 bridgehead atoms. The standard InChI is InChI=1S/C19H17N5OS/c1-11-9-18(25)22-19(20-11)24-23-12(2)13-7-8-17-15(10-13)21-14-5-3-4-6-16(14)26-17/h3-10,21H,1-2H3,(H2,20,22,24,25). The Morgan fingerprint density at radius 3 is 2.77 bits per heavy atom. The molecule has 2 aromatic carbocycles. The van der Waals surface area contributed by atoms with Gasteiger partial charge in [0.2, 0.25) is 5.95 Å². The largest absolute Gasteiger partial charge is 0.354 e. The highest BCUT2D eigenvalue weighted by Crippen LogP contribution is 2.44. The number of hydrogen-bond donors (Lipinski definition) is 3. The number of aromatic amines is 1. The molecule has 4 rings (SSSR count). The predicted octanol–water partition coefficient (Wildman–Crippen LogP) is 4.12. The van der Waals surface area contributed by atoms with Gasteiger partial charge in [0.1, 0.15) is 0 Å². The summed E-state index contributed by atoms with van der Waals surface area (Å²) in [7, 11) is 0. The van der Waals surface area contributed by atoms with Gasteiger partial charge in [0, 0.05) is 21.6 Å². The summed E-state index contributed by atoms with van der Waals surface area (Å²) in [6, 6.07) is 15.9. The number of H-pyrrole nitrogens is 1. The third kappa shape index (κ3) is 3.34. The van der Waals surface area contributed by atoms with E-state index in [-0.39, 0.29) is 5.56 Å². The van der Waals surface area contributed by atoms with E-state index in [1.165, 1.54) is 15.9 Å². The summed E-state index contributed by atoms with van der Waals surface area (Å²) in [6.45, 7) is 3.67. The molecule has 0 atom stereocenters. The number of nitrogens with one attached hydrogen (secondary N) is 3. The molecule has 0 saturated carbocycles. The second-order valence-electron chi connectivity index (χ2n) is 5.98. The molecule has 0 fully saturated rings. The highest BCUT2D eigenvalue weighted by molar-refractivity contribution is 7.99. The van der Waals surface area contributed by atoms with Gasteiger partial charge in [-0.3, -0.25) is 9.78 Å². The average Bonchev–Trinajstić information content (AvgIpc) is 2.63. The van der Waals surface area contributed by atoms with Crippen molar-refractivity contribution in [1.29, 1.82) is 0 Å². The minimum atomic E-state index is -0.207. The highest BCUT2D eigenvalue weighted by atomic mass is 32.2. The van der Waals surface area contributed by atoms with E-state index in [2.05, 4.69) is 50.1 Å². The molecule has 1 aromatic heterocycles. The van der Waals surface area contributed by atoms with Crippen LogP contribution in [0.4, 0.5) is 17.3 Å². The van der Waals surface area contributed by atoms with Crippen molar-refractivity contribution >= 4 is 34.8 Å². The molecule has 0 unspecified atom stereocenters. The van der Waals surface area contributed by atoms with E-state index in [9.17, 15) is 4.79 Å². The maximum atomic E-state index is 11.5. The fraction of sp³-hybridized carbons (Fsp3) is 0.105. The fourth-order valence-electron chi connectivity index (χ4n) is 2.70. The van der Waals surface area contributed by atoms with Crippen LogP contribution in [-0.4, -0.2) is 15.7 Å². The molecule has 0 amide bonds. The van der Waals surface area contributed by atoms with Crippen LogP contribution >= 0.6 is 11.8 Å². The molecule has 3 aromatic rings. The zero-order valence-corrected chi connectivity index (χ0v) is 15.1. The number of para-hydroxylation sites is 1. The Kier molecular flexibility index (Phi) is 4.22. The van der Waals surface area contributed by atoms with Crippen LogP contribution < -0.4 is 16.3 Å². The van der Waals surface area contributed by atoms with E-state index in [1.54, 1.807) is 18.7 Å². The number of anilines is 3. The molecule has 6 nitrogen and oxygen atoms in total. The van der Waals surface area contributed by atoms with E-state index in [0.29, 0.717) is 11.6 Å². The molecule has 3 N–H and O–H groups in total. The molecular formula is C19H17N5OS. The summed E-state index contributed by atoms with van der Waals surface area (Å²) in [5.74, 6) is 0.329. The molecule has 2 heterocycles. The Morgan fingerprint density at radius 2 is 1.92 bits per heavy atom. The van der Waals surface area contributed by atoms with Gasteiger partial charge in [0.25, 0.3) is 5.56 Å². The molecular weight excluding hydrogens is 346 g/mol. The van der Waals surface area contributed by atoms with Crippen molar-refractivity contribution < 1.29 is 0 Å². The second kappa shape index (κ2) is 6.68. The Labute approximate surface area is 154 Å². The number of nitrogens with zero attached hydrogens (tertiary/aromatic N) is 2. The highest BCUT2D eigenvalue weighted by Gasteiger charge is 2.15. The number of benzene rings is 2. The molecule has 1 aliphatic heterocycles. The number of hydrazone groups is 1. The zero-order valence-electron chi connectivity index (χ0n) is 14.3. The third-order valence-electron chi connectivity index (χ3n) is 3.97. The van der Waals surface area contributed by atoms with Crippen molar-refractivity contribution in [1.82, 2.24) is 9.97 Å². The molecule has 130 valence electrons. The summed E-state index contributed by atoms with van der Waals surface area (Å²) >= 11 is 1.75. The average molecular weight is 363 g/mol. The summed E-state index contributed by atoms with van der Waals surface area (Å²) in [5.41, 5.74) is 7.19. The summed E-state index contributed by atoms with van der Waals surface area (Å²) < 4.78 is 0. The zero-order chi connectivity index (χ0) is 18.1. The van der Waals surface area contributed by atoms with Crippen LogP contribution in [0, 0.1) is 6.92 Å². The van der Waals surface area contributed by atoms with Crippen molar-refractivity contribution in [3.8, 4) is 0 Å². The van der Waals surface area contributed by atoms with Crippen molar-refractivity contribution in [2.75, 3.05) is 10.7 Å². The summed E-state index contributed by atoms with van der Waals surface area (Å²) in [5, 5.41) is 7.81. The lowest BCUT2D eigenvalue weighted by molar-refractivity contribution is 1.04. The van der Waals surface area contributed by atoms with Crippen LogP contribution in [0.5, 0.6) is 0 Å². The SMILES string of the molecule is CC(=NNc1nc(C)cc(=O)[nH]1)c1ccc2c(c1)Nc1ccccc1S2. The van der Waals surface area contributed by atoms with Crippen LogP contribution in [0.3, 0.4) is 0 Å². The van der Waals surface area contributed by atoms with Gasteiger partial charge in [-0.1, -0.05) is 30.0 Å². The Morgan fingerprint density at radius 1 is 1.12 bits per heavy atom. The Bertz CT molecular complexity index is 1070. The molecule has 0 saturated heterocycles. The van der Waals surface area contributed by atoms with Gasteiger partial charge < -0.3 is 5.32 Å². The van der Waals surface area contributed by atoms with E-state index in [0.717, 1.165) is 22.6 Å². The lowest BCUT2D eigenvalue weighted by Crippen LogP contribution is -2.11. The lowest BCUT2D eigenvalue weighted by atomic mass is 10.1. The van der Waals surface area contributed by atoms with Gasteiger partial charge in [-0.05, 0) is 43.7 Å². The van der Waals surface area contributed by atoms with Crippen LogP contribution in [0.25, 0.3) is 0 Å². The first-order valence-electron chi connectivity index (χ1n) is 8.15. The van der Waals surface area contributed by atoms with Crippen molar-refractivity contribution in [3.05, 3.63) is 70.1 Å². The summed E-state index contributed by atoms with van der Waals surface area (Å²) in [4.78, 5) is 20.7. The van der Waals surface area contributed by atoms with Gasteiger partial charge in [-0.15, -0.1) is 0 Å². The van der Waals surface area contributed by atoms with E-state index >= 15 is 0 Å². The minimum Gasteiger partial charge on any atom is -0.354 e. The smallest absolute Gasteiger partial charge is 0.252 e. The normalized spacial score (nSPS) is 12.8. The molecule has 26 heavy (non-hydrogen) atoms. The molecule has 1 aliphatic rings. The lowest BCUT2D eigenvalue weighted by Gasteiger charge is -2.21. The Balaban J connectivity index is 1.58. The van der Waals surface area contributed by atoms with Crippen LogP contribution in [0.1, 0.15) is 18.2 Å². The number of rotatable bonds is 3. The van der Waals surface area contributed by atoms with Gasteiger partial charge in [0.05, 0.1) is 17.1 Å². The summed E-state index contributed by atoms with van der Waals surface area (Å²) in [6.07, 6.45) is 0. The van der Waals surface area contributed by atoms with Crippen molar-refractivity contribution in [2.45, 2.75) is 23.6 Å². The fourth-order valence-corrected chi connectivity index (χ4v) is 3.67. The van der Waals surface area contributed by atoms with Crippen molar-refractivity contribution in [3.63, 3.8) is 0 Å². The maximum Gasteiger partial charge on any atom is 0.252 e. The second-order valence-corrected chi connectivity index (χ2v) is 7.06.